The van der Waals surface area contributed by atoms with Gasteiger partial charge in [0.2, 0.25) is 0 Å². The van der Waals surface area contributed by atoms with Gasteiger partial charge >= 0.3 is 0 Å². The Morgan fingerprint density at radius 1 is 1.30 bits per heavy atom. The van der Waals surface area contributed by atoms with Crippen molar-refractivity contribution in [3.63, 3.8) is 0 Å². The zero-order chi connectivity index (χ0) is 14.7. The third kappa shape index (κ3) is 2.96. The Labute approximate surface area is 119 Å². The van der Waals surface area contributed by atoms with E-state index in [-0.39, 0.29) is 5.91 Å². The molecule has 0 saturated carbocycles. The molecular formula is C16H19N3O. The largest absolute Gasteiger partial charge is 0.398 e. The lowest BCUT2D eigenvalue weighted by Crippen LogP contribution is -2.16. The number of nitrogen functional groups attached to an aromatic ring is 1. The number of rotatable bonds is 3. The molecule has 1 aromatic heterocycles. The maximum atomic E-state index is 12.3. The minimum Gasteiger partial charge on any atom is -0.398 e. The summed E-state index contributed by atoms with van der Waals surface area (Å²) in [4.78, 5) is 16.4. The molecule has 2 aromatic rings. The van der Waals surface area contributed by atoms with Crippen molar-refractivity contribution in [3.8, 4) is 0 Å². The number of nitrogens with one attached hydrogen (secondary N) is 1. The fraction of sp³-hybridized carbons (Fsp3) is 0.250. The van der Waals surface area contributed by atoms with Gasteiger partial charge in [0.05, 0.1) is 5.56 Å². The minimum atomic E-state index is -0.233. The maximum Gasteiger partial charge on any atom is 0.259 e. The highest BCUT2D eigenvalue weighted by Crippen LogP contribution is 2.24. The average Bonchev–Trinajstić information content (AvgIpc) is 2.38. The lowest BCUT2D eigenvalue weighted by Gasteiger charge is -2.14. The van der Waals surface area contributed by atoms with Gasteiger partial charge in [-0.05, 0) is 30.5 Å². The molecule has 0 bridgehead atoms. The molecule has 1 amide bonds. The second kappa shape index (κ2) is 5.74. The van der Waals surface area contributed by atoms with E-state index in [2.05, 4.69) is 24.1 Å². The molecule has 0 spiro atoms. The van der Waals surface area contributed by atoms with Gasteiger partial charge in [-0.3, -0.25) is 9.78 Å². The predicted octanol–water partition coefficient (Wildman–Crippen LogP) is 3.35. The van der Waals surface area contributed by atoms with E-state index in [1.165, 1.54) is 6.20 Å². The fourth-order valence-corrected chi connectivity index (χ4v) is 2.07. The third-order valence-electron chi connectivity index (χ3n) is 3.15. The molecule has 104 valence electrons. The van der Waals surface area contributed by atoms with Crippen molar-refractivity contribution in [1.82, 2.24) is 4.98 Å². The summed E-state index contributed by atoms with van der Waals surface area (Å²) in [6.07, 6.45) is 1.51. The summed E-state index contributed by atoms with van der Waals surface area (Å²) < 4.78 is 0. The molecule has 1 aromatic carbocycles. The van der Waals surface area contributed by atoms with Gasteiger partial charge in [-0.15, -0.1) is 0 Å². The second-order valence-corrected chi connectivity index (χ2v) is 5.11. The van der Waals surface area contributed by atoms with Crippen LogP contribution in [0.25, 0.3) is 0 Å². The van der Waals surface area contributed by atoms with Crippen molar-refractivity contribution in [1.29, 1.82) is 0 Å². The Morgan fingerprint density at radius 3 is 2.65 bits per heavy atom. The number of para-hydroxylation sites is 1. The molecule has 0 aliphatic rings. The van der Waals surface area contributed by atoms with Gasteiger partial charge in [0.25, 0.3) is 5.91 Å². The smallest absolute Gasteiger partial charge is 0.259 e. The number of aromatic nitrogens is 1. The number of pyridine rings is 1. The SMILES string of the molecule is Cc1cc(N)c(C(=O)Nc2ccccc2C(C)C)cn1. The molecule has 0 aliphatic carbocycles. The number of aryl methyl sites for hydroxylation is 1. The summed E-state index contributed by atoms with van der Waals surface area (Å²) in [7, 11) is 0. The van der Waals surface area contributed by atoms with Crippen LogP contribution in [-0.2, 0) is 0 Å². The van der Waals surface area contributed by atoms with Crippen LogP contribution in [0.5, 0.6) is 0 Å². The quantitative estimate of drug-likeness (QED) is 0.897. The molecule has 0 unspecified atom stereocenters. The first-order chi connectivity index (χ1) is 9.49. The monoisotopic (exact) mass is 269 g/mol. The van der Waals surface area contributed by atoms with E-state index in [1.807, 2.05) is 31.2 Å². The number of hydrogen-bond acceptors (Lipinski definition) is 3. The number of hydrogen-bond donors (Lipinski definition) is 2. The lowest BCUT2D eigenvalue weighted by molar-refractivity contribution is 0.102. The molecule has 0 radical (unpaired) electrons. The highest BCUT2D eigenvalue weighted by molar-refractivity contribution is 6.07. The van der Waals surface area contributed by atoms with Crippen molar-refractivity contribution < 1.29 is 4.79 Å². The number of carbonyl (C=O) groups excluding carboxylic acids is 1. The van der Waals surface area contributed by atoms with Crippen molar-refractivity contribution in [2.45, 2.75) is 26.7 Å². The second-order valence-electron chi connectivity index (χ2n) is 5.11. The van der Waals surface area contributed by atoms with Crippen molar-refractivity contribution in [2.75, 3.05) is 11.1 Å². The zero-order valence-corrected chi connectivity index (χ0v) is 12.0. The molecule has 4 heteroatoms. The van der Waals surface area contributed by atoms with Crippen molar-refractivity contribution in [2.24, 2.45) is 0 Å². The Kier molecular flexibility index (Phi) is 4.03. The lowest BCUT2D eigenvalue weighted by atomic mass is 10.0. The standard InChI is InChI=1S/C16H19N3O/c1-10(2)12-6-4-5-7-15(12)19-16(20)13-9-18-11(3)8-14(13)17/h4-10H,1-3H3,(H2,17,18)(H,19,20). The highest BCUT2D eigenvalue weighted by atomic mass is 16.1. The molecule has 0 fully saturated rings. The average molecular weight is 269 g/mol. The van der Waals surface area contributed by atoms with E-state index in [0.29, 0.717) is 17.2 Å². The normalized spacial score (nSPS) is 10.6. The van der Waals surface area contributed by atoms with Crippen LogP contribution >= 0.6 is 0 Å². The Hall–Kier alpha value is -2.36. The number of nitrogens with zero attached hydrogens (tertiary/aromatic N) is 1. The van der Waals surface area contributed by atoms with Crippen LogP contribution in [0.1, 0.15) is 41.4 Å². The van der Waals surface area contributed by atoms with E-state index in [9.17, 15) is 4.79 Å². The molecule has 4 nitrogen and oxygen atoms in total. The predicted molar refractivity (Wildman–Crippen MR) is 81.9 cm³/mol. The van der Waals surface area contributed by atoms with E-state index in [4.69, 9.17) is 5.73 Å². The fourth-order valence-electron chi connectivity index (χ4n) is 2.07. The molecule has 0 atom stereocenters. The van der Waals surface area contributed by atoms with E-state index >= 15 is 0 Å². The third-order valence-corrected chi connectivity index (χ3v) is 3.15. The molecule has 2 rings (SSSR count). The Morgan fingerprint density at radius 2 is 2.00 bits per heavy atom. The van der Waals surface area contributed by atoms with Gasteiger partial charge < -0.3 is 11.1 Å². The number of benzene rings is 1. The van der Waals surface area contributed by atoms with Gasteiger partial charge in [0.1, 0.15) is 0 Å². The summed E-state index contributed by atoms with van der Waals surface area (Å²) >= 11 is 0. The van der Waals surface area contributed by atoms with Crippen LogP contribution in [0.3, 0.4) is 0 Å². The molecule has 1 heterocycles. The zero-order valence-electron chi connectivity index (χ0n) is 12.0. The maximum absolute atomic E-state index is 12.3. The Bertz CT molecular complexity index is 635. The highest BCUT2D eigenvalue weighted by Gasteiger charge is 2.13. The molecule has 3 N–H and O–H groups in total. The minimum absolute atomic E-state index is 0.233. The topological polar surface area (TPSA) is 68.0 Å². The van der Waals surface area contributed by atoms with Gasteiger partial charge in [0, 0.05) is 23.3 Å². The van der Waals surface area contributed by atoms with Gasteiger partial charge in [-0.2, -0.15) is 0 Å². The van der Waals surface area contributed by atoms with E-state index in [1.54, 1.807) is 6.07 Å². The van der Waals surface area contributed by atoms with Crippen LogP contribution in [0.2, 0.25) is 0 Å². The summed E-state index contributed by atoms with van der Waals surface area (Å²) in [5.41, 5.74) is 9.41. The number of nitrogens with two attached hydrogens (primary N) is 1. The van der Waals surface area contributed by atoms with Crippen LogP contribution < -0.4 is 11.1 Å². The van der Waals surface area contributed by atoms with Crippen LogP contribution in [0, 0.1) is 6.92 Å². The van der Waals surface area contributed by atoms with Crippen molar-refractivity contribution >= 4 is 17.3 Å². The molecular weight excluding hydrogens is 250 g/mol. The van der Waals surface area contributed by atoms with Crippen molar-refractivity contribution in [3.05, 3.63) is 53.3 Å². The van der Waals surface area contributed by atoms with Crippen LogP contribution in [0.4, 0.5) is 11.4 Å². The summed E-state index contributed by atoms with van der Waals surface area (Å²) in [5, 5.41) is 2.91. The van der Waals surface area contributed by atoms with E-state index < -0.39 is 0 Å². The van der Waals surface area contributed by atoms with Crippen LogP contribution in [0.15, 0.2) is 36.5 Å². The molecule has 0 aliphatic heterocycles. The van der Waals surface area contributed by atoms with Crippen LogP contribution in [-0.4, -0.2) is 10.9 Å². The number of amides is 1. The number of anilines is 2. The van der Waals surface area contributed by atoms with E-state index in [0.717, 1.165) is 16.9 Å². The summed E-state index contributed by atoms with van der Waals surface area (Å²) in [5.74, 6) is 0.100. The van der Waals surface area contributed by atoms with Gasteiger partial charge in [0.15, 0.2) is 0 Å². The first kappa shape index (κ1) is 14.1. The number of carbonyl (C=O) groups is 1. The van der Waals surface area contributed by atoms with Gasteiger partial charge in [-0.25, -0.2) is 0 Å². The van der Waals surface area contributed by atoms with Gasteiger partial charge in [-0.1, -0.05) is 32.0 Å². The summed E-state index contributed by atoms with van der Waals surface area (Å²) in [6, 6.07) is 9.47. The Balaban J connectivity index is 2.28. The first-order valence-corrected chi connectivity index (χ1v) is 6.61. The molecule has 0 saturated heterocycles. The first-order valence-electron chi connectivity index (χ1n) is 6.61. The molecule has 20 heavy (non-hydrogen) atoms. The summed E-state index contributed by atoms with van der Waals surface area (Å²) in [6.45, 7) is 6.02.